The van der Waals surface area contributed by atoms with Crippen molar-refractivity contribution >= 4 is 6.03 Å². The average Bonchev–Trinajstić information content (AvgIpc) is 3.03. The second-order valence-corrected chi connectivity index (χ2v) is 8.54. The number of carbonyl (C=O) groups excluding carboxylic acids is 1. The molecule has 4 rings (SSSR count). The van der Waals surface area contributed by atoms with Crippen LogP contribution in [0.15, 0.2) is 54.9 Å². The number of nitrogens with zero attached hydrogens (tertiary/aromatic N) is 3. The van der Waals surface area contributed by atoms with Gasteiger partial charge < -0.3 is 10.2 Å². The molecule has 28 heavy (non-hydrogen) atoms. The molecule has 1 spiro atoms. The van der Waals surface area contributed by atoms with Gasteiger partial charge in [0.05, 0.1) is 5.54 Å². The minimum Gasteiger partial charge on any atom is -0.331 e. The average molecular weight is 379 g/mol. The second-order valence-electron chi connectivity index (χ2n) is 8.54. The highest BCUT2D eigenvalue weighted by atomic mass is 16.2. The Labute approximate surface area is 167 Å². The van der Waals surface area contributed by atoms with E-state index in [0.717, 1.165) is 45.2 Å². The summed E-state index contributed by atoms with van der Waals surface area (Å²) in [5, 5.41) is 3.34. The van der Waals surface area contributed by atoms with Gasteiger partial charge in [0.2, 0.25) is 0 Å². The maximum atomic E-state index is 12.6. The maximum Gasteiger partial charge on any atom is 0.317 e. The Morgan fingerprint density at radius 3 is 2.46 bits per heavy atom. The van der Waals surface area contributed by atoms with Crippen LogP contribution in [-0.4, -0.2) is 53.5 Å². The summed E-state index contributed by atoms with van der Waals surface area (Å²) >= 11 is 0. The Kier molecular flexibility index (Phi) is 5.11. The van der Waals surface area contributed by atoms with Crippen LogP contribution in [-0.2, 0) is 12.0 Å². The summed E-state index contributed by atoms with van der Waals surface area (Å²) in [7, 11) is 4.36. The fourth-order valence-electron chi connectivity index (χ4n) is 4.94. The predicted octanol–water partition coefficient (Wildman–Crippen LogP) is 3.42. The smallest absolute Gasteiger partial charge is 0.317 e. The highest BCUT2D eigenvalue weighted by Crippen LogP contribution is 2.45. The van der Waals surface area contributed by atoms with Crippen molar-refractivity contribution in [3.8, 4) is 0 Å². The summed E-state index contributed by atoms with van der Waals surface area (Å²) in [5.41, 5.74) is 2.53. The second kappa shape index (κ2) is 7.55. The molecule has 1 aliphatic carbocycles. The Morgan fingerprint density at radius 2 is 1.82 bits per heavy atom. The summed E-state index contributed by atoms with van der Waals surface area (Å²) < 4.78 is 0. The van der Waals surface area contributed by atoms with Crippen LogP contribution in [0, 0.1) is 0 Å². The summed E-state index contributed by atoms with van der Waals surface area (Å²) in [6.07, 6.45) is 8.65. The van der Waals surface area contributed by atoms with Crippen LogP contribution >= 0.6 is 0 Å². The van der Waals surface area contributed by atoms with Crippen LogP contribution in [0.4, 0.5) is 4.79 Å². The third kappa shape index (κ3) is 3.51. The lowest BCUT2D eigenvalue weighted by Gasteiger charge is -2.48. The van der Waals surface area contributed by atoms with E-state index < -0.39 is 0 Å². The number of pyridine rings is 1. The van der Waals surface area contributed by atoms with E-state index >= 15 is 0 Å². The largest absolute Gasteiger partial charge is 0.331 e. The van der Waals surface area contributed by atoms with E-state index in [1.165, 1.54) is 11.1 Å². The van der Waals surface area contributed by atoms with Gasteiger partial charge in [-0.1, -0.05) is 36.4 Å². The van der Waals surface area contributed by atoms with Crippen LogP contribution in [0.3, 0.4) is 0 Å². The van der Waals surface area contributed by atoms with Gasteiger partial charge >= 0.3 is 6.03 Å². The molecule has 5 heteroatoms. The zero-order chi connectivity index (χ0) is 19.6. The van der Waals surface area contributed by atoms with E-state index in [1.54, 1.807) is 6.20 Å². The molecule has 0 atom stereocenters. The molecule has 0 bridgehead atoms. The molecule has 2 aliphatic rings. The quantitative estimate of drug-likeness (QED) is 0.867. The van der Waals surface area contributed by atoms with Crippen molar-refractivity contribution in [3.05, 3.63) is 66.0 Å². The molecule has 1 N–H and O–H groups in total. The third-order valence-electron chi connectivity index (χ3n) is 6.75. The van der Waals surface area contributed by atoms with Gasteiger partial charge in [0.1, 0.15) is 0 Å². The first-order valence-electron chi connectivity index (χ1n) is 10.2. The first-order chi connectivity index (χ1) is 13.5. The van der Waals surface area contributed by atoms with Gasteiger partial charge in [-0.25, -0.2) is 4.79 Å². The van der Waals surface area contributed by atoms with Crippen molar-refractivity contribution in [1.29, 1.82) is 0 Å². The number of amides is 2. The fraction of sp³-hybridized carbons (Fsp3) is 0.478. The van der Waals surface area contributed by atoms with E-state index in [4.69, 9.17) is 0 Å². The van der Waals surface area contributed by atoms with E-state index in [-0.39, 0.29) is 17.1 Å². The van der Waals surface area contributed by atoms with Gasteiger partial charge in [-0.3, -0.25) is 9.88 Å². The van der Waals surface area contributed by atoms with Crippen LogP contribution in [0.5, 0.6) is 0 Å². The van der Waals surface area contributed by atoms with Gasteiger partial charge in [-0.05, 0) is 63.4 Å². The normalized spacial score (nSPS) is 27.4. The molecule has 5 nitrogen and oxygen atoms in total. The van der Waals surface area contributed by atoms with Gasteiger partial charge in [-0.15, -0.1) is 0 Å². The molecule has 2 aromatic rings. The summed E-state index contributed by atoms with van der Waals surface area (Å²) in [5.74, 6) is 0. The van der Waals surface area contributed by atoms with Gasteiger partial charge in [0, 0.05) is 31.0 Å². The number of aromatic nitrogens is 1. The monoisotopic (exact) mass is 378 g/mol. The van der Waals surface area contributed by atoms with Crippen LogP contribution < -0.4 is 5.32 Å². The summed E-state index contributed by atoms with van der Waals surface area (Å²) in [6, 6.07) is 14.9. The Balaban J connectivity index is 1.43. The van der Waals surface area contributed by atoms with E-state index in [2.05, 4.69) is 65.7 Å². The topological polar surface area (TPSA) is 48.5 Å². The molecule has 2 amide bonds. The Bertz CT molecular complexity index is 798. The van der Waals surface area contributed by atoms with Crippen LogP contribution in [0.2, 0.25) is 0 Å². The highest BCUT2D eigenvalue weighted by molar-refractivity contribution is 5.78. The standard InChI is InChI=1S/C23H30N4O/c1-26(2)23(20-8-4-3-5-9-20)13-11-22(12-14-23)18-27(21(28)25-22)16-10-19-7-6-15-24-17-19/h3-9,15,17H,10-14,16,18H2,1-2H3,(H,25,28)/t22-,23-. The summed E-state index contributed by atoms with van der Waals surface area (Å²) in [6.45, 7) is 1.56. The molecule has 2 heterocycles. The van der Waals surface area contributed by atoms with Crippen molar-refractivity contribution in [2.45, 2.75) is 43.2 Å². The third-order valence-corrected chi connectivity index (χ3v) is 6.75. The van der Waals surface area contributed by atoms with Crippen LogP contribution in [0.1, 0.15) is 36.8 Å². The van der Waals surface area contributed by atoms with Crippen molar-refractivity contribution in [2.24, 2.45) is 0 Å². The number of hydrogen-bond donors (Lipinski definition) is 1. The number of rotatable bonds is 5. The Morgan fingerprint density at radius 1 is 1.07 bits per heavy atom. The molecule has 2 fully saturated rings. The number of nitrogens with one attached hydrogen (secondary N) is 1. The first-order valence-corrected chi connectivity index (χ1v) is 10.2. The zero-order valence-corrected chi connectivity index (χ0v) is 16.9. The molecule has 1 aromatic carbocycles. The molecule has 0 radical (unpaired) electrons. The van der Waals surface area contributed by atoms with Crippen LogP contribution in [0.25, 0.3) is 0 Å². The molecule has 148 valence electrons. The molecule has 0 unspecified atom stereocenters. The maximum absolute atomic E-state index is 12.6. The Hall–Kier alpha value is -2.40. The highest BCUT2D eigenvalue weighted by Gasteiger charge is 2.49. The molecular weight excluding hydrogens is 348 g/mol. The lowest BCUT2D eigenvalue weighted by Crippen LogP contribution is -2.54. The first kappa shape index (κ1) is 18.9. The molecular formula is C23H30N4O. The molecule has 1 aliphatic heterocycles. The molecule has 1 aromatic heterocycles. The molecule has 1 saturated carbocycles. The summed E-state index contributed by atoms with van der Waals surface area (Å²) in [4.78, 5) is 21.1. The van der Waals surface area contributed by atoms with Crippen molar-refractivity contribution in [2.75, 3.05) is 27.2 Å². The van der Waals surface area contributed by atoms with Gasteiger partial charge in [0.25, 0.3) is 0 Å². The number of urea groups is 1. The lowest BCUT2D eigenvalue weighted by molar-refractivity contribution is 0.0620. The van der Waals surface area contributed by atoms with Crippen molar-refractivity contribution < 1.29 is 4.79 Å². The number of hydrogen-bond acceptors (Lipinski definition) is 3. The van der Waals surface area contributed by atoms with E-state index in [0.29, 0.717) is 0 Å². The van der Waals surface area contributed by atoms with E-state index in [1.807, 2.05) is 17.2 Å². The minimum absolute atomic E-state index is 0.0559. The lowest BCUT2D eigenvalue weighted by atomic mass is 9.69. The number of benzene rings is 1. The SMILES string of the molecule is CN(C)[C@]1(c2ccccc2)CC[C@@]2(CC1)CN(CCc1cccnc1)C(=O)N2. The van der Waals surface area contributed by atoms with Crippen molar-refractivity contribution in [3.63, 3.8) is 0 Å². The van der Waals surface area contributed by atoms with Crippen molar-refractivity contribution in [1.82, 2.24) is 20.1 Å². The van der Waals surface area contributed by atoms with Gasteiger partial charge in [0.15, 0.2) is 0 Å². The van der Waals surface area contributed by atoms with Gasteiger partial charge in [-0.2, -0.15) is 0 Å². The number of carbonyl (C=O) groups is 1. The fourth-order valence-corrected chi connectivity index (χ4v) is 4.94. The predicted molar refractivity (Wildman–Crippen MR) is 111 cm³/mol. The van der Waals surface area contributed by atoms with E-state index in [9.17, 15) is 4.79 Å². The zero-order valence-electron chi connectivity index (χ0n) is 16.9. The minimum atomic E-state index is -0.0830. The molecule has 1 saturated heterocycles.